The molecule has 0 spiro atoms. The van der Waals surface area contributed by atoms with Crippen LogP contribution < -0.4 is 20.5 Å². The maximum Gasteiger partial charge on any atom is 0.188 e. The molecule has 23 heavy (non-hydrogen) atoms. The molecule has 1 aliphatic rings. The van der Waals surface area contributed by atoms with Gasteiger partial charge in [-0.25, -0.2) is 0 Å². The molecule has 1 aliphatic carbocycles. The number of benzene rings is 1. The van der Waals surface area contributed by atoms with E-state index in [1.54, 1.807) is 7.11 Å². The number of nitrogens with one attached hydrogen (secondary N) is 1. The summed E-state index contributed by atoms with van der Waals surface area (Å²) in [5.41, 5.74) is 5.97. The fourth-order valence-electron chi connectivity index (χ4n) is 2.80. The Balaban J connectivity index is 1.61. The van der Waals surface area contributed by atoms with E-state index in [-0.39, 0.29) is 0 Å². The molecule has 1 fully saturated rings. The quantitative estimate of drug-likeness (QED) is 0.351. The normalized spacial score (nSPS) is 16.7. The van der Waals surface area contributed by atoms with E-state index >= 15 is 0 Å². The fourth-order valence-corrected chi connectivity index (χ4v) is 2.80. The first-order valence-electron chi connectivity index (χ1n) is 8.61. The summed E-state index contributed by atoms with van der Waals surface area (Å²) in [4.78, 5) is 4.39. The van der Waals surface area contributed by atoms with E-state index in [0.29, 0.717) is 25.2 Å². The molecule has 5 nitrogen and oxygen atoms in total. The first-order chi connectivity index (χ1) is 11.3. The number of rotatable bonds is 7. The second-order valence-corrected chi connectivity index (χ2v) is 5.98. The van der Waals surface area contributed by atoms with Crippen molar-refractivity contribution >= 4 is 5.96 Å². The van der Waals surface area contributed by atoms with E-state index in [1.807, 2.05) is 24.3 Å². The van der Waals surface area contributed by atoms with Gasteiger partial charge in [0.05, 0.1) is 13.7 Å². The fraction of sp³-hybridized carbons (Fsp3) is 0.611. The Hall–Kier alpha value is -1.91. The van der Waals surface area contributed by atoms with Crippen LogP contribution in [0.15, 0.2) is 29.3 Å². The highest BCUT2D eigenvalue weighted by Gasteiger charge is 2.11. The average molecular weight is 319 g/mol. The molecular formula is C18H29N3O2. The van der Waals surface area contributed by atoms with Crippen LogP contribution in [0.25, 0.3) is 0 Å². The Kier molecular flexibility index (Phi) is 7.57. The van der Waals surface area contributed by atoms with Gasteiger partial charge in [-0.1, -0.05) is 25.7 Å². The summed E-state index contributed by atoms with van der Waals surface area (Å²) < 4.78 is 10.8. The number of nitrogens with two attached hydrogens (primary N) is 1. The van der Waals surface area contributed by atoms with Crippen LogP contribution >= 0.6 is 0 Å². The van der Waals surface area contributed by atoms with Crippen molar-refractivity contribution in [2.24, 2.45) is 10.7 Å². The zero-order valence-electron chi connectivity index (χ0n) is 14.1. The molecule has 0 aromatic heterocycles. The lowest BCUT2D eigenvalue weighted by molar-refractivity contribution is 0.312. The number of hydrogen-bond acceptors (Lipinski definition) is 3. The van der Waals surface area contributed by atoms with Gasteiger partial charge in [0.1, 0.15) is 11.5 Å². The second kappa shape index (κ2) is 9.98. The second-order valence-electron chi connectivity index (χ2n) is 5.98. The van der Waals surface area contributed by atoms with Crippen molar-refractivity contribution < 1.29 is 9.47 Å². The van der Waals surface area contributed by atoms with E-state index in [2.05, 4.69) is 10.3 Å². The minimum atomic E-state index is 0.497. The molecule has 0 amide bonds. The highest BCUT2D eigenvalue weighted by molar-refractivity contribution is 5.78. The van der Waals surface area contributed by atoms with E-state index < -0.39 is 0 Å². The molecule has 0 saturated heterocycles. The van der Waals surface area contributed by atoms with Crippen molar-refractivity contribution in [3.63, 3.8) is 0 Å². The summed E-state index contributed by atoms with van der Waals surface area (Å²) in [7, 11) is 1.65. The molecule has 5 heteroatoms. The molecule has 1 aromatic rings. The van der Waals surface area contributed by atoms with Crippen molar-refractivity contribution in [1.82, 2.24) is 5.32 Å². The van der Waals surface area contributed by atoms with E-state index in [4.69, 9.17) is 15.2 Å². The summed E-state index contributed by atoms with van der Waals surface area (Å²) >= 11 is 0. The molecule has 0 heterocycles. The van der Waals surface area contributed by atoms with Gasteiger partial charge in [0.2, 0.25) is 0 Å². The Morgan fingerprint density at radius 3 is 2.43 bits per heavy atom. The Bertz CT molecular complexity index is 466. The van der Waals surface area contributed by atoms with Gasteiger partial charge in [-0.2, -0.15) is 0 Å². The molecule has 1 saturated carbocycles. The first kappa shape index (κ1) is 17.4. The van der Waals surface area contributed by atoms with Crippen LogP contribution in [-0.2, 0) is 0 Å². The lowest BCUT2D eigenvalue weighted by Gasteiger charge is -2.16. The zero-order valence-corrected chi connectivity index (χ0v) is 14.1. The molecule has 0 aliphatic heterocycles. The van der Waals surface area contributed by atoms with Crippen molar-refractivity contribution in [3.8, 4) is 11.5 Å². The molecule has 1 aromatic carbocycles. The zero-order chi connectivity index (χ0) is 16.3. The topological polar surface area (TPSA) is 68.9 Å². The largest absolute Gasteiger partial charge is 0.497 e. The lowest BCUT2D eigenvalue weighted by atomic mass is 10.1. The van der Waals surface area contributed by atoms with Crippen LogP contribution in [-0.4, -0.2) is 32.3 Å². The molecule has 128 valence electrons. The SMILES string of the molecule is COc1ccc(OCCCN=C(N)NC2CCCCCC2)cc1. The first-order valence-corrected chi connectivity index (χ1v) is 8.61. The molecule has 0 bridgehead atoms. The average Bonchev–Trinajstić information content (AvgIpc) is 2.84. The number of guanidine groups is 1. The summed E-state index contributed by atoms with van der Waals surface area (Å²) in [6.07, 6.45) is 8.53. The minimum Gasteiger partial charge on any atom is -0.497 e. The standard InChI is InChI=1S/C18H29N3O2/c1-22-16-9-11-17(12-10-16)23-14-6-13-20-18(19)21-15-7-4-2-3-5-8-15/h9-12,15H,2-8,13-14H2,1H3,(H3,19,20,21). The van der Waals surface area contributed by atoms with Crippen molar-refractivity contribution in [1.29, 1.82) is 0 Å². The van der Waals surface area contributed by atoms with Crippen LogP contribution in [0.1, 0.15) is 44.9 Å². The van der Waals surface area contributed by atoms with Gasteiger partial charge in [-0.3, -0.25) is 4.99 Å². The summed E-state index contributed by atoms with van der Waals surface area (Å²) in [5.74, 6) is 2.25. The summed E-state index contributed by atoms with van der Waals surface area (Å²) in [6, 6.07) is 8.09. The number of hydrogen-bond donors (Lipinski definition) is 2. The third-order valence-corrected chi connectivity index (χ3v) is 4.12. The summed E-state index contributed by atoms with van der Waals surface area (Å²) in [5, 5.41) is 3.35. The monoisotopic (exact) mass is 319 g/mol. The van der Waals surface area contributed by atoms with Gasteiger partial charge in [-0.15, -0.1) is 0 Å². The van der Waals surface area contributed by atoms with Gasteiger partial charge >= 0.3 is 0 Å². The van der Waals surface area contributed by atoms with E-state index in [9.17, 15) is 0 Å². The smallest absolute Gasteiger partial charge is 0.188 e. The van der Waals surface area contributed by atoms with Crippen molar-refractivity contribution in [3.05, 3.63) is 24.3 Å². The highest BCUT2D eigenvalue weighted by atomic mass is 16.5. The molecule has 0 unspecified atom stereocenters. The van der Waals surface area contributed by atoms with E-state index in [0.717, 1.165) is 17.9 Å². The molecule has 3 N–H and O–H groups in total. The number of methoxy groups -OCH3 is 1. The van der Waals surface area contributed by atoms with E-state index in [1.165, 1.54) is 38.5 Å². The van der Waals surface area contributed by atoms with Gasteiger partial charge < -0.3 is 20.5 Å². The third kappa shape index (κ3) is 6.80. The maximum absolute atomic E-state index is 5.97. The molecular weight excluding hydrogens is 290 g/mol. The van der Waals surface area contributed by atoms with Gasteiger partial charge in [0.25, 0.3) is 0 Å². The molecule has 0 radical (unpaired) electrons. The van der Waals surface area contributed by atoms with Gasteiger partial charge in [0, 0.05) is 19.0 Å². The highest BCUT2D eigenvalue weighted by Crippen LogP contribution is 2.17. The van der Waals surface area contributed by atoms with Crippen LogP contribution in [0.2, 0.25) is 0 Å². The maximum atomic E-state index is 5.97. The Morgan fingerprint density at radius 1 is 1.13 bits per heavy atom. The van der Waals surface area contributed by atoms with Crippen LogP contribution in [0, 0.1) is 0 Å². The van der Waals surface area contributed by atoms with Gasteiger partial charge in [0.15, 0.2) is 5.96 Å². The lowest BCUT2D eigenvalue weighted by Crippen LogP contribution is -2.39. The number of aliphatic imine (C=N–C) groups is 1. The minimum absolute atomic E-state index is 0.497. The van der Waals surface area contributed by atoms with Crippen LogP contribution in [0.3, 0.4) is 0 Å². The van der Waals surface area contributed by atoms with Gasteiger partial charge in [-0.05, 0) is 37.1 Å². The number of nitrogens with zero attached hydrogens (tertiary/aromatic N) is 1. The number of ether oxygens (including phenoxy) is 2. The predicted octanol–water partition coefficient (Wildman–Crippen LogP) is 3.09. The molecule has 0 atom stereocenters. The Labute approximate surface area is 139 Å². The predicted molar refractivity (Wildman–Crippen MR) is 94.2 cm³/mol. The van der Waals surface area contributed by atoms with Crippen LogP contribution in [0.5, 0.6) is 11.5 Å². The third-order valence-electron chi connectivity index (χ3n) is 4.12. The van der Waals surface area contributed by atoms with Crippen molar-refractivity contribution in [2.75, 3.05) is 20.3 Å². The Morgan fingerprint density at radius 2 is 1.78 bits per heavy atom. The summed E-state index contributed by atoms with van der Waals surface area (Å²) in [6.45, 7) is 1.31. The molecule has 2 rings (SSSR count). The van der Waals surface area contributed by atoms with Crippen LogP contribution in [0.4, 0.5) is 0 Å². The van der Waals surface area contributed by atoms with Crippen molar-refractivity contribution in [2.45, 2.75) is 51.0 Å².